The Hall–Kier alpha value is -0.690. The maximum atomic E-state index is 5.29. The molecule has 1 fully saturated rings. The number of aromatic nitrogens is 1. The first-order valence-corrected chi connectivity index (χ1v) is 8.48. The number of nitrogens with zero attached hydrogens (tertiary/aromatic N) is 2. The summed E-state index contributed by atoms with van der Waals surface area (Å²) in [5.74, 6) is 0. The van der Waals surface area contributed by atoms with Crippen molar-refractivity contribution in [1.29, 1.82) is 0 Å². The molecule has 0 spiro atoms. The molecule has 1 aromatic rings. The molecule has 0 saturated heterocycles. The number of anilines is 1. The van der Waals surface area contributed by atoms with E-state index in [1.807, 2.05) is 0 Å². The Morgan fingerprint density at radius 2 is 2.05 bits per heavy atom. The van der Waals surface area contributed by atoms with E-state index in [-0.39, 0.29) is 0 Å². The predicted octanol–water partition coefficient (Wildman–Crippen LogP) is 2.40. The number of nitrogens with one attached hydrogen (secondary N) is 1. The zero-order valence-electron chi connectivity index (χ0n) is 13.4. The number of hydrogen-bond acceptors (Lipinski definition) is 6. The molecule has 1 N–H and O–H groups in total. The highest BCUT2D eigenvalue weighted by atomic mass is 32.1. The molecule has 0 amide bonds. The normalized spacial score (nSPS) is 15.8. The van der Waals surface area contributed by atoms with Gasteiger partial charge in [-0.25, -0.2) is 4.98 Å². The molecule has 0 radical (unpaired) electrons. The largest absolute Gasteiger partial charge is 0.383 e. The van der Waals surface area contributed by atoms with Crippen molar-refractivity contribution in [3.8, 4) is 0 Å². The van der Waals surface area contributed by atoms with Gasteiger partial charge in [-0.1, -0.05) is 12.8 Å². The van der Waals surface area contributed by atoms with Gasteiger partial charge in [-0.05, 0) is 12.8 Å². The van der Waals surface area contributed by atoms with Gasteiger partial charge in [0.2, 0.25) is 0 Å². The van der Waals surface area contributed by atoms with Gasteiger partial charge in [-0.15, -0.1) is 11.3 Å². The second-order valence-electron chi connectivity index (χ2n) is 5.52. The van der Waals surface area contributed by atoms with Crippen LogP contribution in [0.3, 0.4) is 0 Å². The van der Waals surface area contributed by atoms with Crippen LogP contribution in [0.5, 0.6) is 0 Å². The molecule has 1 aromatic heterocycles. The van der Waals surface area contributed by atoms with E-state index in [1.54, 1.807) is 25.6 Å². The molecular formula is C15H27N3O2S. The van der Waals surface area contributed by atoms with Gasteiger partial charge >= 0.3 is 0 Å². The van der Waals surface area contributed by atoms with Gasteiger partial charge in [-0.2, -0.15) is 0 Å². The minimum absolute atomic E-state index is 0.580. The Bertz CT molecular complexity index is 419. The molecule has 0 aromatic carbocycles. The molecule has 1 saturated carbocycles. The predicted molar refractivity (Wildman–Crippen MR) is 87.1 cm³/mol. The van der Waals surface area contributed by atoms with Crippen molar-refractivity contribution < 1.29 is 9.47 Å². The topological polar surface area (TPSA) is 46.6 Å². The van der Waals surface area contributed by atoms with E-state index in [1.165, 1.54) is 30.6 Å². The fourth-order valence-electron chi connectivity index (χ4n) is 2.73. The molecule has 21 heavy (non-hydrogen) atoms. The molecule has 1 aliphatic carbocycles. The summed E-state index contributed by atoms with van der Waals surface area (Å²) < 4.78 is 10.3. The van der Waals surface area contributed by atoms with Gasteiger partial charge in [-0.3, -0.25) is 0 Å². The molecule has 2 rings (SSSR count). The number of thiazole rings is 1. The minimum Gasteiger partial charge on any atom is -0.383 e. The maximum Gasteiger partial charge on any atom is 0.185 e. The second-order valence-corrected chi connectivity index (χ2v) is 6.58. The van der Waals surface area contributed by atoms with Gasteiger partial charge in [0.05, 0.1) is 18.9 Å². The quantitative estimate of drug-likeness (QED) is 0.709. The molecule has 120 valence electrons. The Kier molecular flexibility index (Phi) is 6.89. The van der Waals surface area contributed by atoms with Gasteiger partial charge in [0.15, 0.2) is 5.13 Å². The van der Waals surface area contributed by atoms with Gasteiger partial charge < -0.3 is 19.7 Å². The molecule has 6 heteroatoms. The van der Waals surface area contributed by atoms with Gasteiger partial charge in [0, 0.05) is 45.3 Å². The van der Waals surface area contributed by atoms with Crippen LogP contribution in [0.4, 0.5) is 5.13 Å². The summed E-state index contributed by atoms with van der Waals surface area (Å²) in [7, 11) is 5.62. The van der Waals surface area contributed by atoms with E-state index in [9.17, 15) is 0 Å². The summed E-state index contributed by atoms with van der Waals surface area (Å²) in [5.41, 5.74) is 1.06. The van der Waals surface area contributed by atoms with Crippen molar-refractivity contribution in [2.24, 2.45) is 0 Å². The zero-order valence-corrected chi connectivity index (χ0v) is 14.2. The monoisotopic (exact) mass is 313 g/mol. The molecule has 0 bridgehead atoms. The van der Waals surface area contributed by atoms with E-state index >= 15 is 0 Å². The van der Waals surface area contributed by atoms with Crippen LogP contribution in [0.2, 0.25) is 0 Å². The first-order chi connectivity index (χ1) is 10.3. The molecule has 1 heterocycles. The lowest BCUT2D eigenvalue weighted by atomic mass is 10.2. The standard InChI is InChI=1S/C15H27N3O2S/c1-18(12-6-4-5-7-12)15-17-13(11-20-3)14(21-15)10-16-8-9-19-2/h12,16H,4-11H2,1-3H3. The summed E-state index contributed by atoms with van der Waals surface area (Å²) in [6, 6.07) is 0.654. The highest BCUT2D eigenvalue weighted by Crippen LogP contribution is 2.32. The van der Waals surface area contributed by atoms with E-state index in [4.69, 9.17) is 14.5 Å². The lowest BCUT2D eigenvalue weighted by Gasteiger charge is -2.23. The van der Waals surface area contributed by atoms with E-state index in [2.05, 4.69) is 17.3 Å². The van der Waals surface area contributed by atoms with E-state index in [0.29, 0.717) is 12.6 Å². The van der Waals surface area contributed by atoms with Crippen molar-refractivity contribution >= 4 is 16.5 Å². The van der Waals surface area contributed by atoms with Crippen LogP contribution in [0.1, 0.15) is 36.3 Å². The lowest BCUT2D eigenvalue weighted by Crippen LogP contribution is -2.28. The molecule has 0 atom stereocenters. The lowest BCUT2D eigenvalue weighted by molar-refractivity contribution is 0.181. The first-order valence-electron chi connectivity index (χ1n) is 7.66. The number of rotatable bonds is 9. The van der Waals surface area contributed by atoms with Crippen molar-refractivity contribution in [3.05, 3.63) is 10.6 Å². The molecule has 0 unspecified atom stereocenters. The average molecular weight is 313 g/mol. The second kappa shape index (κ2) is 8.68. The maximum absolute atomic E-state index is 5.29. The van der Waals surface area contributed by atoms with Crippen LogP contribution < -0.4 is 10.2 Å². The van der Waals surface area contributed by atoms with Crippen molar-refractivity contribution in [3.63, 3.8) is 0 Å². The number of methoxy groups -OCH3 is 2. The molecule has 0 aliphatic heterocycles. The zero-order chi connectivity index (χ0) is 15.1. The summed E-state index contributed by atoms with van der Waals surface area (Å²) in [6.45, 7) is 3.00. The Labute approximate surface area is 131 Å². The minimum atomic E-state index is 0.580. The van der Waals surface area contributed by atoms with Gasteiger partial charge in [0.25, 0.3) is 0 Å². The molecule has 5 nitrogen and oxygen atoms in total. The molecular weight excluding hydrogens is 286 g/mol. The van der Waals surface area contributed by atoms with Crippen molar-refractivity contribution in [1.82, 2.24) is 10.3 Å². The fourth-order valence-corrected chi connectivity index (χ4v) is 3.80. The summed E-state index contributed by atoms with van der Waals surface area (Å²) in [4.78, 5) is 8.42. The van der Waals surface area contributed by atoms with Crippen LogP contribution in [-0.4, -0.2) is 45.4 Å². The smallest absolute Gasteiger partial charge is 0.185 e. The van der Waals surface area contributed by atoms with Crippen molar-refractivity contribution in [2.75, 3.05) is 39.3 Å². The summed E-state index contributed by atoms with van der Waals surface area (Å²) in [5, 5.41) is 4.52. The van der Waals surface area contributed by atoms with Crippen LogP contribution in [0.15, 0.2) is 0 Å². The third-order valence-electron chi connectivity index (χ3n) is 3.99. The van der Waals surface area contributed by atoms with Crippen LogP contribution in [0, 0.1) is 0 Å². The van der Waals surface area contributed by atoms with Crippen LogP contribution in [0.25, 0.3) is 0 Å². The third-order valence-corrected chi connectivity index (χ3v) is 5.18. The Balaban J connectivity index is 2.00. The molecule has 1 aliphatic rings. The highest BCUT2D eigenvalue weighted by Gasteiger charge is 2.23. The Morgan fingerprint density at radius 1 is 1.29 bits per heavy atom. The summed E-state index contributed by atoms with van der Waals surface area (Å²) >= 11 is 1.78. The van der Waals surface area contributed by atoms with Gasteiger partial charge in [0.1, 0.15) is 0 Å². The number of ether oxygens (including phenoxy) is 2. The highest BCUT2D eigenvalue weighted by molar-refractivity contribution is 7.15. The SMILES string of the molecule is COCCNCc1sc(N(C)C2CCCC2)nc1COC. The third kappa shape index (κ3) is 4.64. The number of hydrogen-bond donors (Lipinski definition) is 1. The van der Waals surface area contributed by atoms with E-state index < -0.39 is 0 Å². The summed E-state index contributed by atoms with van der Waals surface area (Å²) in [6.07, 6.45) is 5.27. The van der Waals surface area contributed by atoms with E-state index in [0.717, 1.165) is 30.5 Å². The van der Waals surface area contributed by atoms with Crippen LogP contribution >= 0.6 is 11.3 Å². The van der Waals surface area contributed by atoms with Crippen LogP contribution in [-0.2, 0) is 22.6 Å². The van der Waals surface area contributed by atoms with Crippen molar-refractivity contribution in [2.45, 2.75) is 44.9 Å². The first kappa shape index (κ1) is 16.7. The average Bonchev–Trinajstić information content (AvgIpc) is 3.13. The fraction of sp³-hybridized carbons (Fsp3) is 0.800. The Morgan fingerprint density at radius 3 is 2.71 bits per heavy atom.